The Labute approximate surface area is 138 Å². The smallest absolute Gasteiger partial charge is 0.214 e. The SMILES string of the molecule is CCOCCNC(=NC)NCCN1CCCS1(=O)=O.I. The van der Waals surface area contributed by atoms with Crippen molar-refractivity contribution < 1.29 is 13.2 Å². The number of hydrogen-bond acceptors (Lipinski definition) is 4. The molecule has 1 rings (SSSR count). The molecule has 0 radical (unpaired) electrons. The average molecular weight is 420 g/mol. The quantitative estimate of drug-likeness (QED) is 0.259. The molecule has 0 bridgehead atoms. The van der Waals surface area contributed by atoms with Crippen LogP contribution in [-0.2, 0) is 14.8 Å². The molecule has 0 spiro atoms. The third-order valence-electron chi connectivity index (χ3n) is 2.82. The van der Waals surface area contributed by atoms with Gasteiger partial charge in [-0.2, -0.15) is 0 Å². The summed E-state index contributed by atoms with van der Waals surface area (Å²) in [4.78, 5) is 4.06. The lowest BCUT2D eigenvalue weighted by atomic mass is 10.5. The maximum Gasteiger partial charge on any atom is 0.214 e. The van der Waals surface area contributed by atoms with Gasteiger partial charge in [-0.3, -0.25) is 4.99 Å². The third kappa shape index (κ3) is 7.04. The van der Waals surface area contributed by atoms with Gasteiger partial charge in [0, 0.05) is 39.8 Å². The first kappa shape index (κ1) is 19.9. The van der Waals surface area contributed by atoms with Crippen LogP contribution in [0.5, 0.6) is 0 Å². The van der Waals surface area contributed by atoms with Crippen LogP contribution in [0.25, 0.3) is 0 Å². The van der Waals surface area contributed by atoms with Crippen molar-refractivity contribution >= 4 is 40.0 Å². The summed E-state index contributed by atoms with van der Waals surface area (Å²) in [5.41, 5.74) is 0. The van der Waals surface area contributed by atoms with Gasteiger partial charge in [-0.15, -0.1) is 24.0 Å². The Morgan fingerprint density at radius 3 is 2.60 bits per heavy atom. The van der Waals surface area contributed by atoms with Crippen molar-refractivity contribution in [1.82, 2.24) is 14.9 Å². The number of aliphatic imine (C=N–C) groups is 1. The molecule has 0 aliphatic carbocycles. The Kier molecular flexibility index (Phi) is 10.5. The summed E-state index contributed by atoms with van der Waals surface area (Å²) in [6.45, 7) is 5.60. The van der Waals surface area contributed by atoms with Gasteiger partial charge < -0.3 is 15.4 Å². The topological polar surface area (TPSA) is 83.0 Å². The zero-order valence-corrected chi connectivity index (χ0v) is 15.2. The normalized spacial score (nSPS) is 18.6. The summed E-state index contributed by atoms with van der Waals surface area (Å²) in [5, 5.41) is 6.18. The minimum absolute atomic E-state index is 0. The molecular formula is C11H25IN4O3S. The Hall–Kier alpha value is -0.130. The van der Waals surface area contributed by atoms with Gasteiger partial charge in [0.05, 0.1) is 12.4 Å². The van der Waals surface area contributed by atoms with Crippen molar-refractivity contribution in [2.45, 2.75) is 13.3 Å². The van der Waals surface area contributed by atoms with E-state index in [-0.39, 0.29) is 29.7 Å². The predicted molar refractivity (Wildman–Crippen MR) is 91.2 cm³/mol. The first-order valence-electron chi connectivity index (χ1n) is 6.60. The number of nitrogens with zero attached hydrogens (tertiary/aromatic N) is 2. The lowest BCUT2D eigenvalue weighted by Gasteiger charge is -2.16. The zero-order chi connectivity index (χ0) is 14.1. The van der Waals surface area contributed by atoms with Gasteiger partial charge in [0.15, 0.2) is 5.96 Å². The van der Waals surface area contributed by atoms with Gasteiger partial charge >= 0.3 is 0 Å². The molecule has 0 aromatic rings. The van der Waals surface area contributed by atoms with Gasteiger partial charge in [-0.25, -0.2) is 12.7 Å². The molecule has 0 atom stereocenters. The van der Waals surface area contributed by atoms with Gasteiger partial charge in [-0.05, 0) is 13.3 Å². The van der Waals surface area contributed by atoms with Crippen LogP contribution in [-0.4, -0.2) is 70.9 Å². The minimum atomic E-state index is -3.00. The molecule has 1 aliphatic heterocycles. The molecule has 120 valence electrons. The number of guanidine groups is 1. The number of rotatable bonds is 7. The molecule has 20 heavy (non-hydrogen) atoms. The van der Waals surface area contributed by atoms with Crippen LogP contribution in [0.2, 0.25) is 0 Å². The largest absolute Gasteiger partial charge is 0.380 e. The molecule has 1 fully saturated rings. The molecule has 0 amide bonds. The van der Waals surface area contributed by atoms with Gasteiger partial charge in [0.2, 0.25) is 10.0 Å². The fraction of sp³-hybridized carbons (Fsp3) is 0.909. The van der Waals surface area contributed by atoms with Gasteiger partial charge in [0.1, 0.15) is 0 Å². The molecular weight excluding hydrogens is 395 g/mol. The fourth-order valence-electron chi connectivity index (χ4n) is 1.85. The predicted octanol–water partition coefficient (Wildman–Crippen LogP) is -0.159. The van der Waals surface area contributed by atoms with E-state index in [0.717, 1.165) is 6.42 Å². The van der Waals surface area contributed by atoms with Crippen LogP contribution in [0.4, 0.5) is 0 Å². The summed E-state index contributed by atoms with van der Waals surface area (Å²) in [6.07, 6.45) is 0.726. The average Bonchev–Trinajstić information content (AvgIpc) is 2.71. The molecule has 1 heterocycles. The van der Waals surface area contributed by atoms with Crippen LogP contribution in [0.3, 0.4) is 0 Å². The molecule has 1 aliphatic rings. The highest BCUT2D eigenvalue weighted by Gasteiger charge is 2.27. The van der Waals surface area contributed by atoms with E-state index in [1.54, 1.807) is 7.05 Å². The first-order valence-corrected chi connectivity index (χ1v) is 8.21. The van der Waals surface area contributed by atoms with E-state index >= 15 is 0 Å². The van der Waals surface area contributed by atoms with E-state index < -0.39 is 10.0 Å². The number of hydrogen-bond donors (Lipinski definition) is 2. The second-order valence-electron chi connectivity index (χ2n) is 4.19. The number of sulfonamides is 1. The second-order valence-corrected chi connectivity index (χ2v) is 6.28. The summed E-state index contributed by atoms with van der Waals surface area (Å²) in [7, 11) is -1.32. The Balaban J connectivity index is 0.00000361. The van der Waals surface area contributed by atoms with Crippen LogP contribution < -0.4 is 10.6 Å². The molecule has 1 saturated heterocycles. The zero-order valence-electron chi connectivity index (χ0n) is 12.1. The van der Waals surface area contributed by atoms with E-state index in [0.29, 0.717) is 45.4 Å². The molecule has 0 saturated carbocycles. The Bertz CT molecular complexity index is 389. The molecule has 0 aromatic carbocycles. The maximum absolute atomic E-state index is 11.6. The molecule has 0 unspecified atom stereocenters. The van der Waals surface area contributed by atoms with Crippen molar-refractivity contribution in [3.8, 4) is 0 Å². The lowest BCUT2D eigenvalue weighted by Crippen LogP contribution is -2.42. The van der Waals surface area contributed by atoms with E-state index in [9.17, 15) is 8.42 Å². The van der Waals surface area contributed by atoms with Crippen LogP contribution >= 0.6 is 24.0 Å². The molecule has 9 heteroatoms. The van der Waals surface area contributed by atoms with Gasteiger partial charge in [-0.1, -0.05) is 0 Å². The van der Waals surface area contributed by atoms with E-state index in [2.05, 4.69) is 15.6 Å². The Morgan fingerprint density at radius 1 is 1.35 bits per heavy atom. The van der Waals surface area contributed by atoms with Crippen molar-refractivity contribution in [3.05, 3.63) is 0 Å². The minimum Gasteiger partial charge on any atom is -0.380 e. The number of nitrogens with one attached hydrogen (secondary N) is 2. The number of ether oxygens (including phenoxy) is 1. The highest BCUT2D eigenvalue weighted by atomic mass is 127. The molecule has 7 nitrogen and oxygen atoms in total. The molecule has 2 N–H and O–H groups in total. The standard InChI is InChI=1S/C11H24N4O3S.HI/c1-3-18-9-6-14-11(12-2)13-5-8-15-7-4-10-19(15,16)17;/h3-10H2,1-2H3,(H2,12,13,14);1H. The monoisotopic (exact) mass is 420 g/mol. The molecule has 0 aromatic heterocycles. The highest BCUT2D eigenvalue weighted by molar-refractivity contribution is 14.0. The highest BCUT2D eigenvalue weighted by Crippen LogP contribution is 2.11. The summed E-state index contributed by atoms with van der Waals surface area (Å²) in [6, 6.07) is 0. The van der Waals surface area contributed by atoms with Crippen LogP contribution in [0.15, 0.2) is 4.99 Å². The van der Waals surface area contributed by atoms with Crippen LogP contribution in [0.1, 0.15) is 13.3 Å². The maximum atomic E-state index is 11.6. The lowest BCUT2D eigenvalue weighted by molar-refractivity contribution is 0.152. The summed E-state index contributed by atoms with van der Waals surface area (Å²) in [5.74, 6) is 0.935. The third-order valence-corrected chi connectivity index (χ3v) is 4.78. The van der Waals surface area contributed by atoms with E-state index in [4.69, 9.17) is 4.74 Å². The van der Waals surface area contributed by atoms with E-state index in [1.807, 2.05) is 6.92 Å². The Morgan fingerprint density at radius 2 is 2.05 bits per heavy atom. The first-order chi connectivity index (χ1) is 9.10. The second kappa shape index (κ2) is 10.6. The fourth-order valence-corrected chi connectivity index (χ4v) is 3.38. The number of halogens is 1. The van der Waals surface area contributed by atoms with Crippen molar-refractivity contribution in [2.24, 2.45) is 4.99 Å². The summed E-state index contributed by atoms with van der Waals surface area (Å²) < 4.78 is 29.9. The van der Waals surface area contributed by atoms with Crippen molar-refractivity contribution in [3.63, 3.8) is 0 Å². The van der Waals surface area contributed by atoms with Crippen molar-refractivity contribution in [1.29, 1.82) is 0 Å². The van der Waals surface area contributed by atoms with Crippen LogP contribution in [0, 0.1) is 0 Å². The van der Waals surface area contributed by atoms with Crippen molar-refractivity contribution in [2.75, 3.05) is 52.2 Å². The summed E-state index contributed by atoms with van der Waals surface area (Å²) >= 11 is 0. The van der Waals surface area contributed by atoms with E-state index in [1.165, 1.54) is 4.31 Å². The van der Waals surface area contributed by atoms with Gasteiger partial charge in [0.25, 0.3) is 0 Å².